The molecule has 3 aromatic rings. The molecular weight excluding hydrogens is 442 g/mol. The van der Waals surface area contributed by atoms with Gasteiger partial charge in [0.2, 0.25) is 16.0 Å². The normalized spacial score (nSPS) is 11.7. The van der Waals surface area contributed by atoms with E-state index in [2.05, 4.69) is 25.3 Å². The smallest absolute Gasteiger partial charge is 0.241 e. The number of anilines is 4. The number of aryl methyl sites for hydroxylation is 1. The molecule has 0 radical (unpaired) electrons. The molecule has 0 saturated heterocycles. The molecule has 0 amide bonds. The summed E-state index contributed by atoms with van der Waals surface area (Å²) in [6.07, 6.45) is 1.68. The van der Waals surface area contributed by atoms with Gasteiger partial charge in [-0.3, -0.25) is 0 Å². The molecule has 3 N–H and O–H groups in total. The highest BCUT2D eigenvalue weighted by Gasteiger charge is 2.22. The lowest BCUT2D eigenvalue weighted by Gasteiger charge is -2.20. The van der Waals surface area contributed by atoms with Crippen LogP contribution < -0.4 is 24.8 Å². The van der Waals surface area contributed by atoms with Crippen molar-refractivity contribution in [1.29, 1.82) is 0 Å². The van der Waals surface area contributed by atoms with Crippen molar-refractivity contribution in [3.05, 3.63) is 54.2 Å². The molecule has 0 aliphatic heterocycles. The molecule has 0 aliphatic rings. The summed E-state index contributed by atoms with van der Waals surface area (Å²) in [6.45, 7) is 7.25. The molecule has 1 aromatic heterocycles. The highest BCUT2D eigenvalue weighted by Crippen LogP contribution is 2.31. The van der Waals surface area contributed by atoms with E-state index in [0.29, 0.717) is 29.0 Å². The van der Waals surface area contributed by atoms with Crippen LogP contribution in [0.15, 0.2) is 53.6 Å². The average Bonchev–Trinajstić information content (AvgIpc) is 2.74. The molecule has 2 aromatic carbocycles. The highest BCUT2D eigenvalue weighted by molar-refractivity contribution is 7.89. The average molecular weight is 472 g/mol. The number of sulfonamides is 1. The first-order valence-corrected chi connectivity index (χ1v) is 11.7. The summed E-state index contributed by atoms with van der Waals surface area (Å²) in [6, 6.07) is 12.0. The zero-order chi connectivity index (χ0) is 24.2. The Morgan fingerprint density at radius 1 is 0.909 bits per heavy atom. The van der Waals surface area contributed by atoms with Crippen molar-refractivity contribution in [3.8, 4) is 11.5 Å². The van der Waals surface area contributed by atoms with Gasteiger partial charge in [-0.2, -0.15) is 4.98 Å². The Morgan fingerprint density at radius 2 is 1.61 bits per heavy atom. The van der Waals surface area contributed by atoms with Gasteiger partial charge in [0.25, 0.3) is 0 Å². The molecule has 0 spiro atoms. The van der Waals surface area contributed by atoms with E-state index in [1.807, 2.05) is 13.0 Å². The number of hydrogen-bond donors (Lipinski definition) is 3. The maximum atomic E-state index is 12.7. The van der Waals surface area contributed by atoms with Gasteiger partial charge in [0, 0.05) is 34.7 Å². The van der Waals surface area contributed by atoms with Crippen molar-refractivity contribution in [2.75, 3.05) is 24.9 Å². The van der Waals surface area contributed by atoms with Gasteiger partial charge in [-0.1, -0.05) is 6.07 Å². The van der Waals surface area contributed by atoms with Crippen molar-refractivity contribution < 1.29 is 17.9 Å². The van der Waals surface area contributed by atoms with Gasteiger partial charge in [0.15, 0.2) is 11.5 Å². The Balaban J connectivity index is 1.84. The van der Waals surface area contributed by atoms with E-state index >= 15 is 0 Å². The number of hydrogen-bond acceptors (Lipinski definition) is 8. The summed E-state index contributed by atoms with van der Waals surface area (Å²) in [5.74, 6) is 2.11. The largest absolute Gasteiger partial charge is 0.493 e. The van der Waals surface area contributed by atoms with Gasteiger partial charge < -0.3 is 20.1 Å². The van der Waals surface area contributed by atoms with E-state index < -0.39 is 15.6 Å². The van der Waals surface area contributed by atoms with Crippen LogP contribution in [-0.2, 0) is 10.0 Å². The van der Waals surface area contributed by atoms with Crippen LogP contribution in [0.5, 0.6) is 11.5 Å². The van der Waals surface area contributed by atoms with E-state index in [1.165, 1.54) is 0 Å². The van der Waals surface area contributed by atoms with Gasteiger partial charge in [-0.25, -0.2) is 18.1 Å². The lowest BCUT2D eigenvalue weighted by atomic mass is 10.1. The molecule has 33 heavy (non-hydrogen) atoms. The molecule has 10 heteroatoms. The lowest BCUT2D eigenvalue weighted by Crippen LogP contribution is -2.40. The van der Waals surface area contributed by atoms with Crippen LogP contribution in [0.2, 0.25) is 0 Å². The Labute approximate surface area is 194 Å². The Bertz CT molecular complexity index is 1240. The third kappa shape index (κ3) is 6.33. The van der Waals surface area contributed by atoms with Crippen LogP contribution in [0.3, 0.4) is 0 Å². The Hall–Kier alpha value is -3.37. The number of nitrogens with zero attached hydrogens (tertiary/aromatic N) is 2. The first-order chi connectivity index (χ1) is 15.5. The molecule has 176 valence electrons. The summed E-state index contributed by atoms with van der Waals surface area (Å²) in [4.78, 5) is 9.04. The van der Waals surface area contributed by atoms with Gasteiger partial charge in [-0.05, 0) is 58.0 Å². The second-order valence-electron chi connectivity index (χ2n) is 8.43. The van der Waals surface area contributed by atoms with Crippen molar-refractivity contribution in [3.63, 3.8) is 0 Å². The van der Waals surface area contributed by atoms with Crippen LogP contribution in [0.1, 0.15) is 26.3 Å². The fraction of sp³-hybridized carbons (Fsp3) is 0.304. The third-order valence-electron chi connectivity index (χ3n) is 4.46. The lowest BCUT2D eigenvalue weighted by molar-refractivity contribution is 0.355. The standard InChI is InChI=1S/C23H29N5O4S/c1-15-14-24-22(26-17-10-11-19(31-5)20(13-17)32-6)27-21(15)25-16-8-7-9-18(12-16)33(29,30)28-23(2,3)4/h7-14,28H,1-6H3,(H2,24,25,26,27). The van der Waals surface area contributed by atoms with Crippen LogP contribution in [0, 0.1) is 6.92 Å². The van der Waals surface area contributed by atoms with Crippen LogP contribution in [0.25, 0.3) is 0 Å². The zero-order valence-electron chi connectivity index (χ0n) is 19.6. The van der Waals surface area contributed by atoms with Gasteiger partial charge in [0.05, 0.1) is 19.1 Å². The molecule has 0 aliphatic carbocycles. The van der Waals surface area contributed by atoms with Gasteiger partial charge in [-0.15, -0.1) is 0 Å². The summed E-state index contributed by atoms with van der Waals surface area (Å²) in [7, 11) is -0.520. The van der Waals surface area contributed by atoms with Crippen molar-refractivity contribution in [2.24, 2.45) is 0 Å². The summed E-state index contributed by atoms with van der Waals surface area (Å²) < 4.78 is 38.6. The first kappa shape index (κ1) is 24.3. The maximum absolute atomic E-state index is 12.7. The highest BCUT2D eigenvalue weighted by atomic mass is 32.2. The Morgan fingerprint density at radius 3 is 2.27 bits per heavy atom. The minimum atomic E-state index is -3.66. The second kappa shape index (κ2) is 9.63. The minimum Gasteiger partial charge on any atom is -0.493 e. The van der Waals surface area contributed by atoms with Crippen molar-refractivity contribution in [2.45, 2.75) is 38.1 Å². The van der Waals surface area contributed by atoms with Crippen LogP contribution >= 0.6 is 0 Å². The monoisotopic (exact) mass is 471 g/mol. The number of ether oxygens (including phenoxy) is 2. The number of benzene rings is 2. The van der Waals surface area contributed by atoms with Crippen LogP contribution in [0.4, 0.5) is 23.1 Å². The molecule has 0 fully saturated rings. The molecule has 9 nitrogen and oxygen atoms in total. The maximum Gasteiger partial charge on any atom is 0.241 e. The molecule has 0 unspecified atom stereocenters. The van der Waals surface area contributed by atoms with Gasteiger partial charge >= 0.3 is 0 Å². The number of rotatable bonds is 8. The SMILES string of the molecule is COc1ccc(Nc2ncc(C)c(Nc3cccc(S(=O)(=O)NC(C)(C)C)c3)n2)cc1OC. The van der Waals surface area contributed by atoms with E-state index in [1.54, 1.807) is 77.6 Å². The second-order valence-corrected chi connectivity index (χ2v) is 10.1. The first-order valence-electron chi connectivity index (χ1n) is 10.2. The molecule has 0 atom stereocenters. The van der Waals surface area contributed by atoms with Crippen molar-refractivity contribution >= 4 is 33.2 Å². The van der Waals surface area contributed by atoms with Crippen molar-refractivity contribution in [1.82, 2.24) is 14.7 Å². The molecule has 1 heterocycles. The minimum absolute atomic E-state index is 0.165. The molecule has 3 rings (SSSR count). The summed E-state index contributed by atoms with van der Waals surface area (Å²) in [5, 5.41) is 6.33. The van der Waals surface area contributed by atoms with E-state index in [0.717, 1.165) is 11.3 Å². The summed E-state index contributed by atoms with van der Waals surface area (Å²) in [5.41, 5.74) is 1.53. The van der Waals surface area contributed by atoms with E-state index in [9.17, 15) is 8.42 Å². The zero-order valence-corrected chi connectivity index (χ0v) is 20.4. The number of nitrogens with one attached hydrogen (secondary N) is 3. The predicted octanol–water partition coefficient (Wildman–Crippen LogP) is 4.37. The molecule has 0 saturated carbocycles. The number of methoxy groups -OCH3 is 2. The quantitative estimate of drug-likeness (QED) is 0.444. The topological polar surface area (TPSA) is 114 Å². The van der Waals surface area contributed by atoms with E-state index in [-0.39, 0.29) is 4.90 Å². The fourth-order valence-electron chi connectivity index (χ4n) is 3.01. The van der Waals surface area contributed by atoms with Crippen LogP contribution in [-0.4, -0.2) is 38.1 Å². The number of aromatic nitrogens is 2. The van der Waals surface area contributed by atoms with E-state index in [4.69, 9.17) is 9.47 Å². The predicted molar refractivity (Wildman–Crippen MR) is 129 cm³/mol. The third-order valence-corrected chi connectivity index (χ3v) is 6.21. The molecule has 0 bridgehead atoms. The Kier molecular flexibility index (Phi) is 7.09. The molecular formula is C23H29N5O4S. The summed E-state index contributed by atoms with van der Waals surface area (Å²) >= 11 is 0. The fourth-order valence-corrected chi connectivity index (χ4v) is 4.48. The van der Waals surface area contributed by atoms with Gasteiger partial charge in [0.1, 0.15) is 5.82 Å².